The summed E-state index contributed by atoms with van der Waals surface area (Å²) in [5.74, 6) is 0. The molecule has 0 saturated heterocycles. The molecule has 20 heavy (non-hydrogen) atoms. The molecule has 0 unspecified atom stereocenters. The molecule has 1 aromatic rings. The van der Waals surface area contributed by atoms with E-state index in [1.807, 2.05) is 0 Å². The molecule has 112 valence electrons. The van der Waals surface area contributed by atoms with Gasteiger partial charge in [0.25, 0.3) is 0 Å². The van der Waals surface area contributed by atoms with E-state index in [0.717, 1.165) is 6.54 Å². The molecule has 0 radical (unpaired) electrons. The van der Waals surface area contributed by atoms with E-state index in [9.17, 15) is 0 Å². The maximum Gasteiger partial charge on any atom is 0.0630 e. The van der Waals surface area contributed by atoms with Crippen LogP contribution in [0.5, 0.6) is 0 Å². The lowest BCUT2D eigenvalue weighted by atomic mass is 9.96. The van der Waals surface area contributed by atoms with Gasteiger partial charge in [-0.25, -0.2) is 0 Å². The summed E-state index contributed by atoms with van der Waals surface area (Å²) in [7, 11) is 0. The Labute approximate surface area is 123 Å². The summed E-state index contributed by atoms with van der Waals surface area (Å²) in [6, 6.07) is 2.93. The van der Waals surface area contributed by atoms with E-state index in [1.54, 1.807) is 0 Å². The van der Waals surface area contributed by atoms with Crippen molar-refractivity contribution in [1.29, 1.82) is 0 Å². The largest absolute Gasteiger partial charge is 0.316 e. The van der Waals surface area contributed by atoms with Crippen molar-refractivity contribution in [3.05, 3.63) is 18.0 Å². The van der Waals surface area contributed by atoms with Gasteiger partial charge in [-0.3, -0.25) is 4.68 Å². The van der Waals surface area contributed by atoms with Gasteiger partial charge in [0.1, 0.15) is 0 Å². The molecule has 0 atom stereocenters. The Morgan fingerprint density at radius 3 is 2.80 bits per heavy atom. The zero-order valence-electron chi connectivity index (χ0n) is 12.9. The lowest BCUT2D eigenvalue weighted by molar-refractivity contribution is 0.326. The molecule has 2 saturated carbocycles. The van der Waals surface area contributed by atoms with Gasteiger partial charge in [-0.05, 0) is 56.6 Å². The summed E-state index contributed by atoms with van der Waals surface area (Å²) in [5, 5.41) is 8.47. The van der Waals surface area contributed by atoms with Crippen LogP contribution in [-0.2, 0) is 6.42 Å². The van der Waals surface area contributed by atoms with Crippen molar-refractivity contribution < 1.29 is 0 Å². The Bertz CT molecular complexity index is 414. The van der Waals surface area contributed by atoms with E-state index >= 15 is 0 Å². The van der Waals surface area contributed by atoms with Crippen LogP contribution >= 0.6 is 0 Å². The van der Waals surface area contributed by atoms with Crippen LogP contribution in [-0.4, -0.2) is 22.9 Å². The number of nitrogens with one attached hydrogen (secondary N) is 1. The highest BCUT2D eigenvalue weighted by Crippen LogP contribution is 2.47. The summed E-state index contributed by atoms with van der Waals surface area (Å²) < 4.78 is 2.25. The van der Waals surface area contributed by atoms with Crippen LogP contribution in [0, 0.1) is 5.41 Å². The SMILES string of the molecule is CCCNCC1(Cc2ccn(C3CCCCC3)n2)CC1. The molecule has 1 N–H and O–H groups in total. The second-order valence-corrected chi connectivity index (χ2v) is 6.93. The predicted molar refractivity (Wildman–Crippen MR) is 82.9 cm³/mol. The summed E-state index contributed by atoms with van der Waals surface area (Å²) in [4.78, 5) is 0. The quantitative estimate of drug-likeness (QED) is 0.769. The average Bonchev–Trinajstić information content (AvgIpc) is 3.08. The Kier molecular flexibility index (Phi) is 4.45. The van der Waals surface area contributed by atoms with Crippen molar-refractivity contribution in [3.8, 4) is 0 Å². The van der Waals surface area contributed by atoms with Crippen LogP contribution in [0.25, 0.3) is 0 Å². The molecular weight excluding hydrogens is 246 g/mol. The molecule has 0 amide bonds. The van der Waals surface area contributed by atoms with Gasteiger partial charge in [0.05, 0.1) is 11.7 Å². The number of aromatic nitrogens is 2. The van der Waals surface area contributed by atoms with Crippen LogP contribution < -0.4 is 5.32 Å². The molecule has 2 aliphatic rings. The molecule has 1 aromatic heterocycles. The molecule has 2 aliphatic carbocycles. The third-order valence-corrected chi connectivity index (χ3v) is 5.05. The van der Waals surface area contributed by atoms with Gasteiger partial charge >= 0.3 is 0 Å². The van der Waals surface area contributed by atoms with Crippen LogP contribution in [0.15, 0.2) is 12.3 Å². The minimum atomic E-state index is 0.529. The first kappa shape index (κ1) is 14.1. The molecule has 0 aromatic carbocycles. The Morgan fingerprint density at radius 2 is 2.10 bits per heavy atom. The van der Waals surface area contributed by atoms with E-state index in [-0.39, 0.29) is 0 Å². The number of hydrogen-bond acceptors (Lipinski definition) is 2. The lowest BCUT2D eigenvalue weighted by Crippen LogP contribution is -2.26. The molecule has 2 fully saturated rings. The van der Waals surface area contributed by atoms with Crippen molar-refractivity contribution >= 4 is 0 Å². The lowest BCUT2D eigenvalue weighted by Gasteiger charge is -2.22. The van der Waals surface area contributed by atoms with Gasteiger partial charge in [-0.1, -0.05) is 26.2 Å². The van der Waals surface area contributed by atoms with Gasteiger partial charge in [0, 0.05) is 12.7 Å². The van der Waals surface area contributed by atoms with E-state index in [2.05, 4.69) is 29.2 Å². The second kappa shape index (κ2) is 6.30. The van der Waals surface area contributed by atoms with Crippen LogP contribution in [0.3, 0.4) is 0 Å². The zero-order chi connectivity index (χ0) is 13.8. The normalized spacial score (nSPS) is 22.1. The summed E-state index contributed by atoms with van der Waals surface area (Å²) >= 11 is 0. The van der Waals surface area contributed by atoms with Gasteiger partial charge in [-0.2, -0.15) is 5.10 Å². The molecule has 3 nitrogen and oxygen atoms in total. The highest BCUT2D eigenvalue weighted by atomic mass is 15.3. The number of nitrogens with zero attached hydrogens (tertiary/aromatic N) is 2. The minimum absolute atomic E-state index is 0.529. The average molecular weight is 275 g/mol. The van der Waals surface area contributed by atoms with Crippen molar-refractivity contribution in [2.75, 3.05) is 13.1 Å². The fourth-order valence-corrected chi connectivity index (χ4v) is 3.53. The molecule has 3 rings (SSSR count). The van der Waals surface area contributed by atoms with Gasteiger partial charge in [-0.15, -0.1) is 0 Å². The van der Waals surface area contributed by atoms with E-state index in [0.29, 0.717) is 11.5 Å². The highest BCUT2D eigenvalue weighted by molar-refractivity contribution is 5.09. The summed E-state index contributed by atoms with van der Waals surface area (Å²) in [6.07, 6.45) is 14.2. The van der Waals surface area contributed by atoms with Gasteiger partial charge in [0.2, 0.25) is 0 Å². The summed E-state index contributed by atoms with van der Waals surface area (Å²) in [6.45, 7) is 4.56. The Morgan fingerprint density at radius 1 is 1.30 bits per heavy atom. The Hall–Kier alpha value is -0.830. The minimum Gasteiger partial charge on any atom is -0.316 e. The fourth-order valence-electron chi connectivity index (χ4n) is 3.53. The molecular formula is C17H29N3. The van der Waals surface area contributed by atoms with Crippen molar-refractivity contribution in [1.82, 2.24) is 15.1 Å². The number of rotatable bonds is 7. The molecule has 0 spiro atoms. The third kappa shape index (κ3) is 3.43. The maximum absolute atomic E-state index is 4.88. The monoisotopic (exact) mass is 275 g/mol. The van der Waals surface area contributed by atoms with Crippen LogP contribution in [0.1, 0.15) is 70.0 Å². The maximum atomic E-state index is 4.88. The highest BCUT2D eigenvalue weighted by Gasteiger charge is 2.42. The topological polar surface area (TPSA) is 29.9 Å². The predicted octanol–water partition coefficient (Wildman–Crippen LogP) is 3.71. The first-order valence-corrected chi connectivity index (χ1v) is 8.56. The van der Waals surface area contributed by atoms with Gasteiger partial charge in [0.15, 0.2) is 0 Å². The van der Waals surface area contributed by atoms with E-state index in [4.69, 9.17) is 5.10 Å². The molecule has 0 aliphatic heterocycles. The second-order valence-electron chi connectivity index (χ2n) is 6.93. The van der Waals surface area contributed by atoms with E-state index < -0.39 is 0 Å². The molecule has 0 bridgehead atoms. The standard InChI is InChI=1S/C17H29N3/c1-2-11-18-14-17(9-10-17)13-15-8-12-20(19-15)16-6-4-3-5-7-16/h8,12,16,18H,2-7,9-11,13-14H2,1H3. The number of hydrogen-bond donors (Lipinski definition) is 1. The van der Waals surface area contributed by atoms with Crippen molar-refractivity contribution in [2.45, 2.75) is 70.8 Å². The molecule has 3 heteroatoms. The van der Waals surface area contributed by atoms with Crippen LogP contribution in [0.4, 0.5) is 0 Å². The molecule has 1 heterocycles. The third-order valence-electron chi connectivity index (χ3n) is 5.05. The fraction of sp³-hybridized carbons (Fsp3) is 0.824. The smallest absolute Gasteiger partial charge is 0.0630 e. The van der Waals surface area contributed by atoms with Crippen LogP contribution in [0.2, 0.25) is 0 Å². The van der Waals surface area contributed by atoms with E-state index in [1.165, 1.54) is 70.0 Å². The zero-order valence-corrected chi connectivity index (χ0v) is 12.9. The first-order chi connectivity index (χ1) is 9.81. The summed E-state index contributed by atoms with van der Waals surface area (Å²) in [5.41, 5.74) is 1.84. The van der Waals surface area contributed by atoms with Crippen molar-refractivity contribution in [2.24, 2.45) is 5.41 Å². The first-order valence-electron chi connectivity index (χ1n) is 8.56. The van der Waals surface area contributed by atoms with Crippen molar-refractivity contribution in [3.63, 3.8) is 0 Å². The van der Waals surface area contributed by atoms with Gasteiger partial charge < -0.3 is 5.32 Å². The Balaban J connectivity index is 1.54.